The molecule has 2 heterocycles. The maximum Gasteiger partial charge on any atom is 0.222 e. The Labute approximate surface area is 141 Å². The third kappa shape index (κ3) is 3.95. The van der Waals surface area contributed by atoms with Gasteiger partial charge in [-0.3, -0.25) is 4.79 Å². The van der Waals surface area contributed by atoms with Crippen molar-refractivity contribution in [3.05, 3.63) is 47.1 Å². The van der Waals surface area contributed by atoms with E-state index in [-0.39, 0.29) is 5.91 Å². The lowest BCUT2D eigenvalue weighted by Crippen LogP contribution is -2.30. The molecule has 0 radical (unpaired) electrons. The fourth-order valence-corrected chi connectivity index (χ4v) is 3.16. The number of aromatic nitrogens is 1. The number of rotatable bonds is 5. The molecule has 2 aromatic rings. The molecular formula is C18H22ClN3O. The van der Waals surface area contributed by atoms with Crippen LogP contribution < -0.4 is 5.73 Å². The van der Waals surface area contributed by atoms with E-state index in [1.54, 1.807) is 0 Å². The van der Waals surface area contributed by atoms with Gasteiger partial charge in [0.05, 0.1) is 0 Å². The van der Waals surface area contributed by atoms with Crippen LogP contribution in [0.5, 0.6) is 0 Å². The number of amides is 1. The van der Waals surface area contributed by atoms with Gasteiger partial charge in [-0.15, -0.1) is 0 Å². The van der Waals surface area contributed by atoms with E-state index in [4.69, 9.17) is 17.3 Å². The van der Waals surface area contributed by atoms with Crippen LogP contribution in [0.1, 0.15) is 18.5 Å². The summed E-state index contributed by atoms with van der Waals surface area (Å²) < 4.78 is 0. The Morgan fingerprint density at radius 2 is 2.04 bits per heavy atom. The molecule has 0 aliphatic carbocycles. The number of nitrogens with one attached hydrogen (secondary N) is 1. The quantitative estimate of drug-likeness (QED) is 0.884. The number of nitrogens with zero attached hydrogens (tertiary/aromatic N) is 1. The van der Waals surface area contributed by atoms with Gasteiger partial charge in [0, 0.05) is 35.9 Å². The lowest BCUT2D eigenvalue weighted by molar-refractivity contribution is -0.130. The van der Waals surface area contributed by atoms with Crippen LogP contribution in [0.15, 0.2) is 36.4 Å². The Bertz CT molecular complexity index is 665. The molecule has 3 N–H and O–H groups in total. The second-order valence-corrected chi connectivity index (χ2v) is 6.57. The molecule has 0 saturated carbocycles. The van der Waals surface area contributed by atoms with Gasteiger partial charge in [-0.1, -0.05) is 23.7 Å². The fraction of sp³-hybridized carbons (Fsp3) is 0.389. The average molecular weight is 332 g/mol. The number of aromatic amines is 1. The van der Waals surface area contributed by atoms with Crippen molar-refractivity contribution in [2.75, 3.05) is 19.6 Å². The van der Waals surface area contributed by atoms with E-state index in [1.807, 2.05) is 41.3 Å². The molecule has 1 unspecified atom stereocenters. The molecule has 1 aliphatic rings. The Hall–Kier alpha value is -1.78. The normalized spacial score (nSPS) is 17.7. The third-order valence-electron chi connectivity index (χ3n) is 4.48. The minimum Gasteiger partial charge on any atom is -0.358 e. The molecule has 4 nitrogen and oxygen atoms in total. The van der Waals surface area contributed by atoms with E-state index in [0.29, 0.717) is 18.9 Å². The maximum atomic E-state index is 12.3. The van der Waals surface area contributed by atoms with Crippen molar-refractivity contribution in [2.45, 2.75) is 19.3 Å². The maximum absolute atomic E-state index is 12.3. The van der Waals surface area contributed by atoms with Crippen LogP contribution in [0.25, 0.3) is 11.3 Å². The SMILES string of the molecule is NCC1CCN(C(=O)CCc2ccc(-c3ccc(Cl)cc3)[nH]2)C1. The highest BCUT2D eigenvalue weighted by Crippen LogP contribution is 2.22. The summed E-state index contributed by atoms with van der Waals surface area (Å²) in [6, 6.07) is 11.8. The molecule has 1 amide bonds. The Morgan fingerprint density at radius 1 is 1.26 bits per heavy atom. The summed E-state index contributed by atoms with van der Waals surface area (Å²) in [4.78, 5) is 17.6. The van der Waals surface area contributed by atoms with Crippen LogP contribution in [0.3, 0.4) is 0 Å². The van der Waals surface area contributed by atoms with Crippen molar-refractivity contribution >= 4 is 17.5 Å². The molecular weight excluding hydrogens is 310 g/mol. The first-order chi connectivity index (χ1) is 11.2. The minimum absolute atomic E-state index is 0.226. The van der Waals surface area contributed by atoms with Crippen LogP contribution >= 0.6 is 11.6 Å². The molecule has 122 valence electrons. The highest BCUT2D eigenvalue weighted by molar-refractivity contribution is 6.30. The summed E-state index contributed by atoms with van der Waals surface area (Å²) in [5, 5.41) is 0.729. The molecule has 1 aromatic carbocycles. The van der Waals surface area contributed by atoms with E-state index in [1.165, 1.54) is 0 Å². The third-order valence-corrected chi connectivity index (χ3v) is 4.73. The van der Waals surface area contributed by atoms with Crippen molar-refractivity contribution in [1.29, 1.82) is 0 Å². The van der Waals surface area contributed by atoms with Gasteiger partial charge >= 0.3 is 0 Å². The number of carbonyl (C=O) groups is 1. The Morgan fingerprint density at radius 3 is 2.74 bits per heavy atom. The van der Waals surface area contributed by atoms with Gasteiger partial charge in [0.1, 0.15) is 0 Å². The average Bonchev–Trinajstić information content (AvgIpc) is 3.22. The first-order valence-corrected chi connectivity index (χ1v) is 8.45. The highest BCUT2D eigenvalue weighted by atomic mass is 35.5. The molecule has 1 atom stereocenters. The van der Waals surface area contributed by atoms with E-state index < -0.39 is 0 Å². The Balaban J connectivity index is 1.55. The number of H-pyrrole nitrogens is 1. The predicted octanol–water partition coefficient (Wildman–Crippen LogP) is 3.07. The van der Waals surface area contributed by atoms with Gasteiger partial charge in [-0.25, -0.2) is 0 Å². The number of halogens is 1. The van der Waals surface area contributed by atoms with Crippen molar-refractivity contribution < 1.29 is 4.79 Å². The molecule has 1 saturated heterocycles. The lowest BCUT2D eigenvalue weighted by Gasteiger charge is -2.15. The number of hydrogen-bond donors (Lipinski definition) is 2. The first kappa shape index (κ1) is 16.1. The van der Waals surface area contributed by atoms with E-state index in [0.717, 1.165) is 47.9 Å². The summed E-state index contributed by atoms with van der Waals surface area (Å²) in [5.74, 6) is 0.699. The zero-order valence-electron chi connectivity index (χ0n) is 13.1. The van der Waals surface area contributed by atoms with Gasteiger partial charge in [0.15, 0.2) is 0 Å². The summed E-state index contributed by atoms with van der Waals surface area (Å²) >= 11 is 5.91. The van der Waals surface area contributed by atoms with Crippen molar-refractivity contribution in [1.82, 2.24) is 9.88 Å². The topological polar surface area (TPSA) is 62.1 Å². The number of aryl methyl sites for hydroxylation is 1. The molecule has 0 bridgehead atoms. The van der Waals surface area contributed by atoms with Crippen LogP contribution in [0, 0.1) is 5.92 Å². The second-order valence-electron chi connectivity index (χ2n) is 6.13. The summed E-state index contributed by atoms with van der Waals surface area (Å²) in [5.41, 5.74) is 8.90. The van der Waals surface area contributed by atoms with Gasteiger partial charge in [0.25, 0.3) is 0 Å². The highest BCUT2D eigenvalue weighted by Gasteiger charge is 2.24. The second kappa shape index (κ2) is 7.20. The summed E-state index contributed by atoms with van der Waals surface area (Å²) in [6.45, 7) is 2.34. The van der Waals surface area contributed by atoms with Gasteiger partial charge in [0.2, 0.25) is 5.91 Å². The number of nitrogens with two attached hydrogens (primary N) is 1. The molecule has 1 aromatic heterocycles. The smallest absolute Gasteiger partial charge is 0.222 e. The molecule has 5 heteroatoms. The van der Waals surface area contributed by atoms with E-state index in [9.17, 15) is 4.79 Å². The first-order valence-electron chi connectivity index (χ1n) is 8.07. The minimum atomic E-state index is 0.226. The lowest BCUT2D eigenvalue weighted by atomic mass is 10.1. The monoisotopic (exact) mass is 331 g/mol. The van der Waals surface area contributed by atoms with Crippen molar-refractivity contribution in [3.63, 3.8) is 0 Å². The number of likely N-dealkylation sites (tertiary alicyclic amines) is 1. The zero-order chi connectivity index (χ0) is 16.2. The van der Waals surface area contributed by atoms with Crippen molar-refractivity contribution in [3.8, 4) is 11.3 Å². The number of carbonyl (C=O) groups excluding carboxylic acids is 1. The number of benzene rings is 1. The zero-order valence-corrected chi connectivity index (χ0v) is 13.9. The van der Waals surface area contributed by atoms with E-state index in [2.05, 4.69) is 4.98 Å². The molecule has 23 heavy (non-hydrogen) atoms. The molecule has 0 spiro atoms. The number of hydrogen-bond acceptors (Lipinski definition) is 2. The largest absolute Gasteiger partial charge is 0.358 e. The van der Waals surface area contributed by atoms with E-state index >= 15 is 0 Å². The Kier molecular flexibility index (Phi) is 5.03. The van der Waals surface area contributed by atoms with Gasteiger partial charge < -0.3 is 15.6 Å². The summed E-state index contributed by atoms with van der Waals surface area (Å²) in [6.07, 6.45) is 2.31. The molecule has 1 aliphatic heterocycles. The van der Waals surface area contributed by atoms with Crippen molar-refractivity contribution in [2.24, 2.45) is 11.7 Å². The van der Waals surface area contributed by atoms with Crippen LogP contribution in [0.2, 0.25) is 5.02 Å². The van der Waals surface area contributed by atoms with Crippen LogP contribution in [0.4, 0.5) is 0 Å². The van der Waals surface area contributed by atoms with Crippen LogP contribution in [-0.2, 0) is 11.2 Å². The standard InChI is InChI=1S/C18H22ClN3O/c19-15-3-1-14(2-4-15)17-7-5-16(21-17)6-8-18(23)22-10-9-13(11-20)12-22/h1-5,7,13,21H,6,8-12,20H2. The predicted molar refractivity (Wildman–Crippen MR) is 93.3 cm³/mol. The van der Waals surface area contributed by atoms with Crippen LogP contribution in [-0.4, -0.2) is 35.4 Å². The van der Waals surface area contributed by atoms with Gasteiger partial charge in [-0.2, -0.15) is 0 Å². The summed E-state index contributed by atoms with van der Waals surface area (Å²) in [7, 11) is 0. The molecule has 3 rings (SSSR count). The molecule has 1 fully saturated rings. The fourth-order valence-electron chi connectivity index (χ4n) is 3.04. The van der Waals surface area contributed by atoms with Gasteiger partial charge in [-0.05, 0) is 55.1 Å².